The van der Waals surface area contributed by atoms with E-state index >= 15 is 0 Å². The third-order valence-corrected chi connectivity index (χ3v) is 3.71. The van der Waals surface area contributed by atoms with E-state index in [9.17, 15) is 5.11 Å². The van der Waals surface area contributed by atoms with Crippen LogP contribution in [0.25, 0.3) is 0 Å². The Morgan fingerprint density at radius 1 is 1.42 bits per heavy atom. The van der Waals surface area contributed by atoms with Crippen molar-refractivity contribution in [3.8, 4) is 0 Å². The maximum absolute atomic E-state index is 9.91. The Labute approximate surface area is 115 Å². The molecule has 1 aromatic rings. The van der Waals surface area contributed by atoms with Gasteiger partial charge in [-0.1, -0.05) is 19.3 Å². The summed E-state index contributed by atoms with van der Waals surface area (Å²) < 4.78 is 11.1. The SMILES string of the molecule is C[C@@H](NCC(O)COC1CCCCC1)c1ccco1. The quantitative estimate of drug-likeness (QED) is 0.797. The number of hydrogen-bond donors (Lipinski definition) is 2. The van der Waals surface area contributed by atoms with Gasteiger partial charge in [-0.25, -0.2) is 0 Å². The minimum atomic E-state index is -0.459. The van der Waals surface area contributed by atoms with Gasteiger partial charge >= 0.3 is 0 Å². The first-order valence-electron chi connectivity index (χ1n) is 7.32. The first-order valence-corrected chi connectivity index (χ1v) is 7.32. The minimum absolute atomic E-state index is 0.110. The Hall–Kier alpha value is -0.840. The highest BCUT2D eigenvalue weighted by Gasteiger charge is 2.16. The summed E-state index contributed by atoms with van der Waals surface area (Å²) in [5, 5.41) is 13.2. The molecule has 0 spiro atoms. The van der Waals surface area contributed by atoms with Gasteiger partial charge in [0.25, 0.3) is 0 Å². The average Bonchev–Trinajstić information content (AvgIpc) is 2.98. The van der Waals surface area contributed by atoms with Crippen molar-refractivity contribution in [2.75, 3.05) is 13.2 Å². The Morgan fingerprint density at radius 2 is 2.21 bits per heavy atom. The first-order chi connectivity index (χ1) is 9.25. The Morgan fingerprint density at radius 3 is 2.89 bits per heavy atom. The number of ether oxygens (including phenoxy) is 1. The van der Waals surface area contributed by atoms with Crippen molar-refractivity contribution in [2.45, 2.75) is 57.3 Å². The molecule has 1 aliphatic carbocycles. The lowest BCUT2D eigenvalue weighted by Gasteiger charge is -2.24. The third-order valence-electron chi connectivity index (χ3n) is 3.71. The van der Waals surface area contributed by atoms with Crippen molar-refractivity contribution in [2.24, 2.45) is 0 Å². The lowest BCUT2D eigenvalue weighted by Crippen LogP contribution is -2.33. The topological polar surface area (TPSA) is 54.6 Å². The molecule has 108 valence electrons. The number of furan rings is 1. The number of rotatable bonds is 7. The Balaban J connectivity index is 1.60. The summed E-state index contributed by atoms with van der Waals surface area (Å²) in [4.78, 5) is 0. The molecule has 1 aliphatic rings. The highest BCUT2D eigenvalue weighted by molar-refractivity contribution is 5.02. The van der Waals surface area contributed by atoms with Crippen molar-refractivity contribution in [1.82, 2.24) is 5.32 Å². The summed E-state index contributed by atoms with van der Waals surface area (Å²) in [5.74, 6) is 0.889. The van der Waals surface area contributed by atoms with E-state index in [1.54, 1.807) is 6.26 Å². The molecule has 2 rings (SSSR count). The predicted molar refractivity (Wildman–Crippen MR) is 74.0 cm³/mol. The molecule has 0 amide bonds. The Kier molecular flexibility index (Phi) is 5.89. The monoisotopic (exact) mass is 267 g/mol. The zero-order valence-electron chi connectivity index (χ0n) is 11.7. The zero-order valence-corrected chi connectivity index (χ0v) is 11.7. The molecule has 1 unspecified atom stereocenters. The van der Waals surface area contributed by atoms with Crippen LogP contribution >= 0.6 is 0 Å². The maximum Gasteiger partial charge on any atom is 0.120 e. The largest absolute Gasteiger partial charge is 0.468 e. The highest BCUT2D eigenvalue weighted by Crippen LogP contribution is 2.20. The minimum Gasteiger partial charge on any atom is -0.468 e. The number of aliphatic hydroxyl groups is 1. The summed E-state index contributed by atoms with van der Waals surface area (Å²) >= 11 is 0. The van der Waals surface area contributed by atoms with E-state index in [1.807, 2.05) is 19.1 Å². The van der Waals surface area contributed by atoms with Gasteiger partial charge in [-0.15, -0.1) is 0 Å². The van der Waals surface area contributed by atoms with Crippen LogP contribution in [0.1, 0.15) is 50.8 Å². The molecule has 4 heteroatoms. The van der Waals surface area contributed by atoms with Crippen LogP contribution in [0.15, 0.2) is 22.8 Å². The fourth-order valence-corrected chi connectivity index (χ4v) is 2.49. The van der Waals surface area contributed by atoms with Gasteiger partial charge in [-0.05, 0) is 31.9 Å². The first kappa shape index (κ1) is 14.6. The van der Waals surface area contributed by atoms with E-state index in [4.69, 9.17) is 9.15 Å². The molecule has 0 aliphatic heterocycles. The number of hydrogen-bond acceptors (Lipinski definition) is 4. The molecule has 0 radical (unpaired) electrons. The molecule has 1 fully saturated rings. The van der Waals surface area contributed by atoms with Crippen molar-refractivity contribution in [3.63, 3.8) is 0 Å². The summed E-state index contributed by atoms with van der Waals surface area (Å²) in [5.41, 5.74) is 0. The zero-order chi connectivity index (χ0) is 13.5. The lowest BCUT2D eigenvalue weighted by molar-refractivity contribution is -0.0236. The maximum atomic E-state index is 9.91. The summed E-state index contributed by atoms with van der Waals surface area (Å²) in [7, 11) is 0. The fourth-order valence-electron chi connectivity index (χ4n) is 2.49. The molecule has 19 heavy (non-hydrogen) atoms. The van der Waals surface area contributed by atoms with Crippen LogP contribution < -0.4 is 5.32 Å². The summed E-state index contributed by atoms with van der Waals surface area (Å²) in [6, 6.07) is 3.91. The van der Waals surface area contributed by atoms with E-state index in [-0.39, 0.29) is 6.04 Å². The normalized spacial score (nSPS) is 20.3. The van der Waals surface area contributed by atoms with Gasteiger partial charge < -0.3 is 19.6 Å². The third kappa shape index (κ3) is 4.97. The standard InChI is InChI=1S/C15H25NO3/c1-12(15-8-5-9-18-15)16-10-13(17)11-19-14-6-3-2-4-7-14/h5,8-9,12-14,16-17H,2-4,6-7,10-11H2,1H3/t12-,13?/m1/s1. The van der Waals surface area contributed by atoms with Crippen LogP contribution in [0.3, 0.4) is 0 Å². The molecule has 4 nitrogen and oxygen atoms in total. The highest BCUT2D eigenvalue weighted by atomic mass is 16.5. The van der Waals surface area contributed by atoms with Gasteiger partial charge in [0, 0.05) is 6.54 Å². The van der Waals surface area contributed by atoms with Crippen molar-refractivity contribution >= 4 is 0 Å². The molecule has 2 N–H and O–H groups in total. The van der Waals surface area contributed by atoms with Gasteiger partial charge in [0.15, 0.2) is 0 Å². The van der Waals surface area contributed by atoms with Gasteiger partial charge in [0.1, 0.15) is 5.76 Å². The van der Waals surface area contributed by atoms with Gasteiger partial charge in [-0.3, -0.25) is 0 Å². The van der Waals surface area contributed by atoms with E-state index in [0.717, 1.165) is 18.6 Å². The summed E-state index contributed by atoms with van der Waals surface area (Å²) in [6.07, 6.45) is 7.68. The van der Waals surface area contributed by atoms with Crippen LogP contribution in [0, 0.1) is 0 Å². The van der Waals surface area contributed by atoms with Crippen LogP contribution in [0.4, 0.5) is 0 Å². The van der Waals surface area contributed by atoms with Crippen molar-refractivity contribution in [3.05, 3.63) is 24.2 Å². The van der Waals surface area contributed by atoms with Crippen LogP contribution in [-0.2, 0) is 4.74 Å². The smallest absolute Gasteiger partial charge is 0.120 e. The van der Waals surface area contributed by atoms with Crippen LogP contribution in [0.5, 0.6) is 0 Å². The molecule has 0 aromatic carbocycles. The van der Waals surface area contributed by atoms with Crippen LogP contribution in [-0.4, -0.2) is 30.5 Å². The Bertz CT molecular complexity index is 333. The van der Waals surface area contributed by atoms with E-state index < -0.39 is 6.10 Å². The van der Waals surface area contributed by atoms with Crippen molar-refractivity contribution in [1.29, 1.82) is 0 Å². The molecular weight excluding hydrogens is 242 g/mol. The molecule has 1 saturated carbocycles. The molecular formula is C15H25NO3. The number of nitrogens with one attached hydrogen (secondary N) is 1. The second-order valence-electron chi connectivity index (χ2n) is 5.39. The molecule has 0 bridgehead atoms. The summed E-state index contributed by atoms with van der Waals surface area (Å²) in [6.45, 7) is 2.96. The van der Waals surface area contributed by atoms with E-state index in [0.29, 0.717) is 19.3 Å². The van der Waals surface area contributed by atoms with Gasteiger partial charge in [-0.2, -0.15) is 0 Å². The van der Waals surface area contributed by atoms with E-state index in [1.165, 1.54) is 19.3 Å². The van der Waals surface area contributed by atoms with Crippen molar-refractivity contribution < 1.29 is 14.3 Å². The molecule has 1 aromatic heterocycles. The van der Waals surface area contributed by atoms with Gasteiger partial charge in [0.2, 0.25) is 0 Å². The molecule has 2 atom stereocenters. The lowest BCUT2D eigenvalue weighted by atomic mass is 9.98. The molecule has 0 saturated heterocycles. The predicted octanol–water partition coefficient (Wildman–Crippen LogP) is 2.64. The fraction of sp³-hybridized carbons (Fsp3) is 0.733. The molecule has 1 heterocycles. The second-order valence-corrected chi connectivity index (χ2v) is 5.39. The second kappa shape index (κ2) is 7.68. The van der Waals surface area contributed by atoms with E-state index in [2.05, 4.69) is 5.32 Å². The average molecular weight is 267 g/mol. The number of aliphatic hydroxyl groups excluding tert-OH is 1. The van der Waals surface area contributed by atoms with Crippen LogP contribution in [0.2, 0.25) is 0 Å². The van der Waals surface area contributed by atoms with Gasteiger partial charge in [0.05, 0.1) is 31.1 Å².